The molecule has 0 radical (unpaired) electrons. The van der Waals surface area contributed by atoms with Crippen molar-refractivity contribution < 1.29 is 9.53 Å². The predicted octanol–water partition coefficient (Wildman–Crippen LogP) is 1.95. The van der Waals surface area contributed by atoms with Crippen molar-refractivity contribution in [2.75, 3.05) is 12.4 Å². The number of hydrogen-bond donors (Lipinski definition) is 0. The van der Waals surface area contributed by atoms with E-state index in [0.717, 1.165) is 18.0 Å². The summed E-state index contributed by atoms with van der Waals surface area (Å²) < 4.78 is 6.60. The van der Waals surface area contributed by atoms with Gasteiger partial charge in [0.1, 0.15) is 5.82 Å². The van der Waals surface area contributed by atoms with Gasteiger partial charge in [-0.15, -0.1) is 5.10 Å². The number of carbonyl (C=O) groups excluding carboxylic acids is 1. The van der Waals surface area contributed by atoms with E-state index >= 15 is 0 Å². The summed E-state index contributed by atoms with van der Waals surface area (Å²) in [6, 6.07) is 0. The van der Waals surface area contributed by atoms with Crippen LogP contribution in [0.5, 0.6) is 0 Å². The van der Waals surface area contributed by atoms with E-state index in [1.165, 1.54) is 12.8 Å². The van der Waals surface area contributed by atoms with Crippen molar-refractivity contribution >= 4 is 17.7 Å². The molecule has 1 saturated heterocycles. The van der Waals surface area contributed by atoms with E-state index < -0.39 is 5.97 Å². The van der Waals surface area contributed by atoms with Crippen LogP contribution in [-0.2, 0) is 11.8 Å². The number of aromatic nitrogens is 3. The number of aryl methyl sites for hydroxylation is 1. The first-order chi connectivity index (χ1) is 8.22. The van der Waals surface area contributed by atoms with E-state index in [9.17, 15) is 4.79 Å². The van der Waals surface area contributed by atoms with E-state index in [1.807, 2.05) is 18.8 Å². The van der Waals surface area contributed by atoms with Gasteiger partial charge in [0.25, 0.3) is 5.82 Å². The van der Waals surface area contributed by atoms with Crippen LogP contribution in [0.1, 0.15) is 47.9 Å². The summed E-state index contributed by atoms with van der Waals surface area (Å²) in [5, 5.41) is 4.49. The molecule has 1 aliphatic rings. The van der Waals surface area contributed by atoms with Gasteiger partial charge >= 0.3 is 5.97 Å². The Morgan fingerprint density at radius 3 is 3.06 bits per heavy atom. The first kappa shape index (κ1) is 12.4. The number of hydrogen-bond acceptors (Lipinski definition) is 5. The number of nitrogens with zero attached hydrogens (tertiary/aromatic N) is 3. The van der Waals surface area contributed by atoms with E-state index in [4.69, 9.17) is 4.74 Å². The Kier molecular flexibility index (Phi) is 4.04. The summed E-state index contributed by atoms with van der Waals surface area (Å²) in [6.45, 7) is 2.13. The van der Waals surface area contributed by atoms with E-state index in [-0.39, 0.29) is 5.82 Å². The molecule has 5 nitrogen and oxygen atoms in total. The normalized spacial score (nSPS) is 20.2. The van der Waals surface area contributed by atoms with Crippen LogP contribution in [0.4, 0.5) is 0 Å². The molecule has 6 heteroatoms. The lowest BCUT2D eigenvalue weighted by molar-refractivity contribution is 0.0512. The van der Waals surface area contributed by atoms with Crippen molar-refractivity contribution in [3.05, 3.63) is 11.6 Å². The minimum atomic E-state index is -0.435. The fraction of sp³-hybridized carbons (Fsp3) is 0.727. The maximum Gasteiger partial charge on any atom is 0.378 e. The molecule has 1 aliphatic heterocycles. The summed E-state index contributed by atoms with van der Waals surface area (Å²) in [5.41, 5.74) is 0. The zero-order valence-corrected chi connectivity index (χ0v) is 11.0. The average molecular weight is 255 g/mol. The topological polar surface area (TPSA) is 57.0 Å². The maximum atomic E-state index is 11.5. The molecule has 1 aromatic heterocycles. The Balaban J connectivity index is 2.15. The van der Waals surface area contributed by atoms with Gasteiger partial charge in [0.05, 0.1) is 11.9 Å². The molecule has 1 unspecified atom stereocenters. The van der Waals surface area contributed by atoms with Crippen LogP contribution in [0.15, 0.2) is 0 Å². The second-order valence-electron chi connectivity index (χ2n) is 3.99. The molecular weight excluding hydrogens is 238 g/mol. The van der Waals surface area contributed by atoms with Crippen LogP contribution in [0, 0.1) is 0 Å². The summed E-state index contributed by atoms with van der Waals surface area (Å²) in [7, 11) is 1.83. The Morgan fingerprint density at radius 1 is 1.59 bits per heavy atom. The second-order valence-corrected chi connectivity index (χ2v) is 5.30. The summed E-state index contributed by atoms with van der Waals surface area (Å²) >= 11 is 1.89. The van der Waals surface area contributed by atoms with Gasteiger partial charge in [0, 0.05) is 7.05 Å². The lowest BCUT2D eigenvalue weighted by Gasteiger charge is -2.19. The molecule has 1 atom stereocenters. The van der Waals surface area contributed by atoms with Crippen molar-refractivity contribution in [1.82, 2.24) is 14.8 Å². The summed E-state index contributed by atoms with van der Waals surface area (Å²) in [6.07, 6.45) is 3.60. The van der Waals surface area contributed by atoms with E-state index in [1.54, 1.807) is 11.6 Å². The molecule has 94 valence electrons. The highest BCUT2D eigenvalue weighted by molar-refractivity contribution is 7.99. The van der Waals surface area contributed by atoms with Gasteiger partial charge in [-0.25, -0.2) is 9.78 Å². The minimum absolute atomic E-state index is 0.176. The quantitative estimate of drug-likeness (QED) is 0.773. The van der Waals surface area contributed by atoms with Gasteiger partial charge < -0.3 is 4.74 Å². The summed E-state index contributed by atoms with van der Waals surface area (Å²) in [4.78, 5) is 15.8. The van der Waals surface area contributed by atoms with E-state index in [2.05, 4.69) is 10.1 Å². The molecule has 2 rings (SSSR count). The van der Waals surface area contributed by atoms with Crippen molar-refractivity contribution in [1.29, 1.82) is 0 Å². The number of thioether (sulfide) groups is 1. The minimum Gasteiger partial charge on any atom is -0.460 e. The molecule has 17 heavy (non-hydrogen) atoms. The Bertz CT molecular complexity index is 399. The average Bonchev–Trinajstić information content (AvgIpc) is 2.73. The molecule has 0 bridgehead atoms. The van der Waals surface area contributed by atoms with E-state index in [0.29, 0.717) is 11.9 Å². The smallest absolute Gasteiger partial charge is 0.378 e. The van der Waals surface area contributed by atoms with Crippen LogP contribution in [0.2, 0.25) is 0 Å². The number of rotatable bonds is 3. The fourth-order valence-electron chi connectivity index (χ4n) is 1.90. The molecule has 1 aromatic rings. The highest BCUT2D eigenvalue weighted by Crippen LogP contribution is 2.37. The molecule has 0 amide bonds. The van der Waals surface area contributed by atoms with Crippen LogP contribution in [0.25, 0.3) is 0 Å². The van der Waals surface area contributed by atoms with Gasteiger partial charge in [-0.1, -0.05) is 6.42 Å². The molecule has 2 heterocycles. The first-order valence-electron chi connectivity index (χ1n) is 5.92. The Labute approximate surface area is 105 Å². The number of esters is 1. The van der Waals surface area contributed by atoms with Crippen molar-refractivity contribution in [3.8, 4) is 0 Å². The third-order valence-electron chi connectivity index (χ3n) is 2.72. The zero-order valence-electron chi connectivity index (χ0n) is 10.2. The SMILES string of the molecule is CCOC(=O)c1nc(C2CCCCS2)n(C)n1. The molecule has 0 saturated carbocycles. The third kappa shape index (κ3) is 2.80. The Hall–Kier alpha value is -1.04. The molecule has 1 fully saturated rings. The lowest BCUT2D eigenvalue weighted by Crippen LogP contribution is -2.08. The first-order valence-corrected chi connectivity index (χ1v) is 6.97. The van der Waals surface area contributed by atoms with Crippen molar-refractivity contribution in [3.63, 3.8) is 0 Å². The van der Waals surface area contributed by atoms with Gasteiger partial charge in [-0.05, 0) is 25.5 Å². The highest BCUT2D eigenvalue weighted by atomic mass is 32.2. The fourth-order valence-corrected chi connectivity index (χ4v) is 3.25. The van der Waals surface area contributed by atoms with Gasteiger partial charge in [-0.2, -0.15) is 11.8 Å². The molecular formula is C11H17N3O2S. The highest BCUT2D eigenvalue weighted by Gasteiger charge is 2.24. The molecule has 0 aliphatic carbocycles. The van der Waals surface area contributed by atoms with Crippen molar-refractivity contribution in [2.24, 2.45) is 7.05 Å². The monoisotopic (exact) mass is 255 g/mol. The Morgan fingerprint density at radius 2 is 2.41 bits per heavy atom. The zero-order chi connectivity index (χ0) is 12.3. The van der Waals surface area contributed by atoms with Crippen LogP contribution in [-0.4, -0.2) is 33.1 Å². The molecule has 0 spiro atoms. The summed E-state index contributed by atoms with van der Waals surface area (Å²) in [5.74, 6) is 1.79. The van der Waals surface area contributed by atoms with Crippen LogP contribution >= 0.6 is 11.8 Å². The van der Waals surface area contributed by atoms with Crippen LogP contribution in [0.3, 0.4) is 0 Å². The number of ether oxygens (including phenoxy) is 1. The molecule has 0 N–H and O–H groups in total. The van der Waals surface area contributed by atoms with Gasteiger partial charge in [0.2, 0.25) is 0 Å². The second kappa shape index (κ2) is 5.53. The number of carbonyl (C=O) groups is 1. The third-order valence-corrected chi connectivity index (χ3v) is 4.10. The lowest BCUT2D eigenvalue weighted by atomic mass is 10.2. The standard InChI is InChI=1S/C11H17N3O2S/c1-3-16-11(15)9-12-10(14(2)13-9)8-6-4-5-7-17-8/h8H,3-7H2,1-2H3. The van der Waals surface area contributed by atoms with Crippen molar-refractivity contribution in [2.45, 2.75) is 31.4 Å². The van der Waals surface area contributed by atoms with Gasteiger partial charge in [0.15, 0.2) is 0 Å². The molecule has 0 aromatic carbocycles. The predicted molar refractivity (Wildman–Crippen MR) is 66.0 cm³/mol. The maximum absolute atomic E-state index is 11.5. The largest absolute Gasteiger partial charge is 0.460 e. The van der Waals surface area contributed by atoms with Gasteiger partial charge in [-0.3, -0.25) is 4.68 Å². The van der Waals surface area contributed by atoms with Crippen LogP contribution < -0.4 is 0 Å².